The maximum absolute atomic E-state index is 13.7. The summed E-state index contributed by atoms with van der Waals surface area (Å²) in [6.45, 7) is 1.03. The highest BCUT2D eigenvalue weighted by Gasteiger charge is 2.12. The predicted octanol–water partition coefficient (Wildman–Crippen LogP) is 2.85. The zero-order chi connectivity index (χ0) is 14.0. The van der Waals surface area contributed by atoms with E-state index in [9.17, 15) is 13.6 Å². The minimum atomic E-state index is -1.51. The molecule has 0 unspecified atom stereocenters. The van der Waals surface area contributed by atoms with Crippen molar-refractivity contribution in [2.75, 3.05) is 6.79 Å². The molecule has 5 nitrogen and oxygen atoms in total. The number of aryl methyl sites for hydroxylation is 1. The molecule has 100 valence electrons. The average molecular weight is 269 g/mol. The number of carbonyl (C=O) groups is 1. The Labute approximate surface area is 106 Å². The number of carboxylic acid groups (broad SMARTS) is 1. The fraction of sp³-hybridized carbons (Fsp3) is 0.167. The quantitative estimate of drug-likeness (QED) is 0.685. The molecule has 1 heterocycles. The van der Waals surface area contributed by atoms with Crippen molar-refractivity contribution in [2.24, 2.45) is 0 Å². The summed E-state index contributed by atoms with van der Waals surface area (Å²) in [6, 6.07) is 3.18. The zero-order valence-corrected chi connectivity index (χ0v) is 9.81. The smallest absolute Gasteiger partial charge is 0.456 e. The fourth-order valence-corrected chi connectivity index (χ4v) is 1.63. The van der Waals surface area contributed by atoms with Gasteiger partial charge in [-0.2, -0.15) is 0 Å². The van der Waals surface area contributed by atoms with Crippen LogP contribution in [-0.2, 0) is 4.74 Å². The van der Waals surface area contributed by atoms with Crippen molar-refractivity contribution < 1.29 is 28.2 Å². The van der Waals surface area contributed by atoms with E-state index in [0.717, 1.165) is 6.07 Å². The second kappa shape index (κ2) is 5.05. The molecule has 1 aromatic carbocycles. The standard InChI is InChI=1S/C12H9F2NO4/c1-6-2-10(18-5-19-12(16)17)11-8(14)3-7(13)4-9(11)15-6/h2-4H,5H2,1H3,(H,16,17). The first-order chi connectivity index (χ1) is 8.97. The molecule has 19 heavy (non-hydrogen) atoms. The van der Waals surface area contributed by atoms with Crippen molar-refractivity contribution >= 4 is 17.1 Å². The highest BCUT2D eigenvalue weighted by molar-refractivity contribution is 5.86. The van der Waals surface area contributed by atoms with Crippen LogP contribution in [0.5, 0.6) is 5.75 Å². The summed E-state index contributed by atoms with van der Waals surface area (Å²) in [5, 5.41) is 8.29. The van der Waals surface area contributed by atoms with E-state index in [-0.39, 0.29) is 16.7 Å². The molecule has 0 aliphatic carbocycles. The second-order valence-electron chi connectivity index (χ2n) is 3.72. The molecule has 0 atom stereocenters. The third-order valence-electron chi connectivity index (χ3n) is 2.31. The van der Waals surface area contributed by atoms with Gasteiger partial charge >= 0.3 is 6.16 Å². The van der Waals surface area contributed by atoms with Crippen LogP contribution in [0.3, 0.4) is 0 Å². The van der Waals surface area contributed by atoms with Gasteiger partial charge in [-0.25, -0.2) is 13.6 Å². The van der Waals surface area contributed by atoms with Gasteiger partial charge in [0, 0.05) is 23.9 Å². The van der Waals surface area contributed by atoms with Crippen molar-refractivity contribution in [3.8, 4) is 5.75 Å². The van der Waals surface area contributed by atoms with Gasteiger partial charge in [0.25, 0.3) is 0 Å². The van der Waals surface area contributed by atoms with Crippen LogP contribution in [-0.4, -0.2) is 23.0 Å². The molecular formula is C12H9F2NO4. The molecule has 0 bridgehead atoms. The third-order valence-corrected chi connectivity index (χ3v) is 2.31. The van der Waals surface area contributed by atoms with Gasteiger partial charge in [0.2, 0.25) is 6.79 Å². The molecule has 7 heteroatoms. The first-order valence-corrected chi connectivity index (χ1v) is 5.22. The van der Waals surface area contributed by atoms with Gasteiger partial charge in [0.1, 0.15) is 17.4 Å². The third kappa shape index (κ3) is 2.87. The molecule has 0 amide bonds. The Hall–Kier alpha value is -2.44. The minimum Gasteiger partial charge on any atom is -0.456 e. The van der Waals surface area contributed by atoms with Crippen molar-refractivity contribution in [2.45, 2.75) is 6.92 Å². The van der Waals surface area contributed by atoms with Gasteiger partial charge in [-0.15, -0.1) is 0 Å². The lowest BCUT2D eigenvalue weighted by Gasteiger charge is -2.10. The van der Waals surface area contributed by atoms with Gasteiger partial charge < -0.3 is 14.6 Å². The van der Waals surface area contributed by atoms with Crippen LogP contribution in [0.25, 0.3) is 10.9 Å². The monoisotopic (exact) mass is 269 g/mol. The SMILES string of the molecule is Cc1cc(OCOC(=O)O)c2c(F)cc(F)cc2n1. The topological polar surface area (TPSA) is 68.7 Å². The Kier molecular flexibility index (Phi) is 3.46. The van der Waals surface area contributed by atoms with E-state index >= 15 is 0 Å². The molecule has 0 aliphatic rings. The zero-order valence-electron chi connectivity index (χ0n) is 9.81. The summed E-state index contributed by atoms with van der Waals surface area (Å²) in [7, 11) is 0. The van der Waals surface area contributed by atoms with Crippen LogP contribution < -0.4 is 4.74 Å². The number of halogens is 2. The molecule has 0 saturated heterocycles. The number of rotatable bonds is 3. The number of benzene rings is 1. The van der Waals surface area contributed by atoms with Crippen LogP contribution in [0, 0.1) is 18.6 Å². The summed E-state index contributed by atoms with van der Waals surface area (Å²) in [4.78, 5) is 14.2. The van der Waals surface area contributed by atoms with E-state index in [2.05, 4.69) is 9.72 Å². The molecule has 0 saturated carbocycles. The Morgan fingerprint density at radius 1 is 1.37 bits per heavy atom. The number of fused-ring (bicyclic) bond motifs is 1. The molecule has 0 spiro atoms. The van der Waals surface area contributed by atoms with Crippen LogP contribution in [0.2, 0.25) is 0 Å². The van der Waals surface area contributed by atoms with Gasteiger partial charge in [0.05, 0.1) is 10.9 Å². The maximum atomic E-state index is 13.7. The molecule has 2 rings (SSSR count). The Balaban J connectivity index is 2.44. The van der Waals surface area contributed by atoms with Gasteiger partial charge in [-0.3, -0.25) is 4.98 Å². The van der Waals surface area contributed by atoms with Gasteiger partial charge in [-0.1, -0.05) is 0 Å². The lowest BCUT2D eigenvalue weighted by Crippen LogP contribution is -2.08. The first-order valence-electron chi connectivity index (χ1n) is 5.22. The van der Waals surface area contributed by atoms with Crippen molar-refractivity contribution in [3.63, 3.8) is 0 Å². The van der Waals surface area contributed by atoms with Crippen molar-refractivity contribution in [1.29, 1.82) is 0 Å². The van der Waals surface area contributed by atoms with E-state index in [1.165, 1.54) is 6.07 Å². The van der Waals surface area contributed by atoms with E-state index < -0.39 is 24.6 Å². The van der Waals surface area contributed by atoms with E-state index in [0.29, 0.717) is 11.8 Å². The van der Waals surface area contributed by atoms with E-state index in [1.807, 2.05) is 0 Å². The van der Waals surface area contributed by atoms with Gasteiger partial charge in [0.15, 0.2) is 0 Å². The minimum absolute atomic E-state index is 0.0269. The lowest BCUT2D eigenvalue weighted by molar-refractivity contribution is 0.0266. The number of ether oxygens (including phenoxy) is 2. The number of hydrogen-bond donors (Lipinski definition) is 1. The van der Waals surface area contributed by atoms with Crippen LogP contribution in [0.15, 0.2) is 18.2 Å². The van der Waals surface area contributed by atoms with E-state index in [4.69, 9.17) is 9.84 Å². The first kappa shape index (κ1) is 13.0. The Morgan fingerprint density at radius 2 is 2.11 bits per heavy atom. The molecule has 1 N–H and O–H groups in total. The number of hydrogen-bond acceptors (Lipinski definition) is 4. The highest BCUT2D eigenvalue weighted by Crippen LogP contribution is 2.28. The lowest BCUT2D eigenvalue weighted by atomic mass is 10.1. The molecule has 0 aliphatic heterocycles. The molecular weight excluding hydrogens is 260 g/mol. The maximum Gasteiger partial charge on any atom is 0.508 e. The Morgan fingerprint density at radius 3 is 2.79 bits per heavy atom. The normalized spacial score (nSPS) is 10.5. The van der Waals surface area contributed by atoms with Crippen molar-refractivity contribution in [1.82, 2.24) is 4.98 Å². The largest absolute Gasteiger partial charge is 0.508 e. The molecule has 0 radical (unpaired) electrons. The number of nitrogens with zero attached hydrogens (tertiary/aromatic N) is 1. The van der Waals surface area contributed by atoms with Crippen molar-refractivity contribution in [3.05, 3.63) is 35.5 Å². The second-order valence-corrected chi connectivity index (χ2v) is 3.72. The van der Waals surface area contributed by atoms with Crippen LogP contribution >= 0.6 is 0 Å². The number of aromatic nitrogens is 1. The molecule has 0 fully saturated rings. The van der Waals surface area contributed by atoms with Crippen LogP contribution in [0.1, 0.15) is 5.69 Å². The molecule has 2 aromatic rings. The summed E-state index contributed by atoms with van der Waals surface area (Å²) >= 11 is 0. The summed E-state index contributed by atoms with van der Waals surface area (Å²) < 4.78 is 36.0. The molecule has 1 aromatic heterocycles. The van der Waals surface area contributed by atoms with E-state index in [1.54, 1.807) is 6.92 Å². The average Bonchev–Trinajstić information content (AvgIpc) is 2.26. The van der Waals surface area contributed by atoms with Crippen LogP contribution in [0.4, 0.5) is 13.6 Å². The predicted molar refractivity (Wildman–Crippen MR) is 61.0 cm³/mol. The number of pyridine rings is 1. The van der Waals surface area contributed by atoms with Gasteiger partial charge in [-0.05, 0) is 6.92 Å². The Bertz CT molecular complexity index is 640. The fourth-order valence-electron chi connectivity index (χ4n) is 1.63. The summed E-state index contributed by atoms with van der Waals surface area (Å²) in [6.07, 6.45) is -1.51. The summed E-state index contributed by atoms with van der Waals surface area (Å²) in [5.41, 5.74) is 0.561. The summed E-state index contributed by atoms with van der Waals surface area (Å²) in [5.74, 6) is -1.55. The highest BCUT2D eigenvalue weighted by atomic mass is 19.1.